The van der Waals surface area contributed by atoms with E-state index in [-0.39, 0.29) is 42.6 Å². The highest BCUT2D eigenvalue weighted by Crippen LogP contribution is 2.33. The average molecular weight is 662 g/mol. The molecule has 0 radical (unpaired) electrons. The van der Waals surface area contributed by atoms with Crippen LogP contribution in [0.25, 0.3) is 22.0 Å². The van der Waals surface area contributed by atoms with Crippen LogP contribution in [0.2, 0.25) is 5.02 Å². The molecule has 0 spiro atoms. The Balaban J connectivity index is 1.20. The number of halogens is 3. The van der Waals surface area contributed by atoms with Gasteiger partial charge in [0.1, 0.15) is 18.8 Å². The fourth-order valence-electron chi connectivity index (χ4n) is 6.36. The SMILES string of the molecule is CC(=O)c1cn(CC(=O)N2C[C@H](F)C[C@H]2C(=O)Nc2cccc(-c3ccccc3Cl)c2F)c2ccc(NC(=O)N3CCCCC3)cc12. The normalized spacial score (nSPS) is 18.0. The van der Waals surface area contributed by atoms with Crippen molar-refractivity contribution in [3.63, 3.8) is 0 Å². The van der Waals surface area contributed by atoms with Crippen molar-refractivity contribution in [1.82, 2.24) is 14.4 Å². The van der Waals surface area contributed by atoms with E-state index in [0.29, 0.717) is 45.8 Å². The van der Waals surface area contributed by atoms with E-state index < -0.39 is 29.8 Å². The smallest absolute Gasteiger partial charge is 0.321 e. The summed E-state index contributed by atoms with van der Waals surface area (Å²) >= 11 is 6.26. The number of rotatable bonds is 7. The zero-order valence-electron chi connectivity index (χ0n) is 25.8. The number of carbonyl (C=O) groups excluding carboxylic acids is 4. The van der Waals surface area contributed by atoms with E-state index in [0.717, 1.165) is 24.2 Å². The molecule has 6 rings (SSSR count). The number of hydrogen-bond acceptors (Lipinski definition) is 4. The minimum atomic E-state index is -1.45. The molecule has 1 aromatic heterocycles. The first-order chi connectivity index (χ1) is 22.6. The molecule has 0 bridgehead atoms. The van der Waals surface area contributed by atoms with Crippen LogP contribution in [0.3, 0.4) is 0 Å². The van der Waals surface area contributed by atoms with Crippen LogP contribution in [0.5, 0.6) is 0 Å². The second-order valence-electron chi connectivity index (χ2n) is 12.0. The van der Waals surface area contributed by atoms with Gasteiger partial charge in [-0.15, -0.1) is 0 Å². The molecule has 0 aliphatic carbocycles. The van der Waals surface area contributed by atoms with E-state index in [2.05, 4.69) is 10.6 Å². The van der Waals surface area contributed by atoms with Crippen molar-refractivity contribution in [3.8, 4) is 11.1 Å². The van der Waals surface area contributed by atoms with Gasteiger partial charge in [0, 0.05) is 64.0 Å². The van der Waals surface area contributed by atoms with Gasteiger partial charge in [-0.1, -0.05) is 41.9 Å². The first kappa shape index (κ1) is 32.2. The van der Waals surface area contributed by atoms with Crippen LogP contribution >= 0.6 is 11.6 Å². The predicted molar refractivity (Wildman–Crippen MR) is 177 cm³/mol. The maximum atomic E-state index is 15.5. The summed E-state index contributed by atoms with van der Waals surface area (Å²) in [5, 5.41) is 6.33. The summed E-state index contributed by atoms with van der Waals surface area (Å²) in [7, 11) is 0. The molecule has 9 nitrogen and oxygen atoms in total. The minimum Gasteiger partial charge on any atom is -0.337 e. The highest BCUT2D eigenvalue weighted by atomic mass is 35.5. The highest BCUT2D eigenvalue weighted by Gasteiger charge is 2.40. The number of ketones is 1. The van der Waals surface area contributed by atoms with Gasteiger partial charge >= 0.3 is 6.03 Å². The van der Waals surface area contributed by atoms with Gasteiger partial charge in [0.2, 0.25) is 11.8 Å². The lowest BCUT2D eigenvalue weighted by atomic mass is 10.0. The molecule has 3 aromatic carbocycles. The van der Waals surface area contributed by atoms with Crippen molar-refractivity contribution < 1.29 is 28.0 Å². The number of amides is 4. The number of hydrogen-bond donors (Lipinski definition) is 2. The fourth-order valence-corrected chi connectivity index (χ4v) is 6.60. The largest absolute Gasteiger partial charge is 0.337 e. The van der Waals surface area contributed by atoms with Gasteiger partial charge in [0.15, 0.2) is 11.6 Å². The first-order valence-corrected chi connectivity index (χ1v) is 16.0. The molecule has 0 saturated carbocycles. The summed E-state index contributed by atoms with van der Waals surface area (Å²) in [5.41, 5.74) is 1.95. The molecular weight excluding hydrogens is 628 g/mol. The third-order valence-corrected chi connectivity index (χ3v) is 9.08. The van der Waals surface area contributed by atoms with Gasteiger partial charge < -0.3 is 25.0 Å². The highest BCUT2D eigenvalue weighted by molar-refractivity contribution is 6.33. The summed E-state index contributed by atoms with van der Waals surface area (Å²) in [4.78, 5) is 55.2. The van der Waals surface area contributed by atoms with Crippen LogP contribution < -0.4 is 10.6 Å². The van der Waals surface area contributed by atoms with Crippen LogP contribution in [0, 0.1) is 5.82 Å². The van der Waals surface area contributed by atoms with E-state index in [4.69, 9.17) is 11.6 Å². The maximum Gasteiger partial charge on any atom is 0.321 e. The number of Topliss-reactive ketones (excluding diaryl/α,β-unsaturated/α-hetero) is 1. The second kappa shape index (κ2) is 13.5. The molecule has 3 heterocycles. The summed E-state index contributed by atoms with van der Waals surface area (Å²) in [6.07, 6.45) is 2.86. The van der Waals surface area contributed by atoms with Gasteiger partial charge in [-0.05, 0) is 56.5 Å². The lowest BCUT2D eigenvalue weighted by Crippen LogP contribution is -2.44. The van der Waals surface area contributed by atoms with Crippen molar-refractivity contribution in [2.45, 2.75) is 51.4 Å². The zero-order chi connectivity index (χ0) is 33.2. The molecule has 2 atom stereocenters. The molecule has 244 valence electrons. The Morgan fingerprint density at radius 3 is 2.43 bits per heavy atom. The molecule has 47 heavy (non-hydrogen) atoms. The van der Waals surface area contributed by atoms with Gasteiger partial charge in [-0.3, -0.25) is 14.4 Å². The maximum absolute atomic E-state index is 15.5. The quantitative estimate of drug-likeness (QED) is 0.210. The van der Waals surface area contributed by atoms with E-state index in [1.165, 1.54) is 19.1 Å². The fraction of sp³-hybridized carbons (Fsp3) is 0.314. The second-order valence-corrected chi connectivity index (χ2v) is 12.4. The number of nitrogens with one attached hydrogen (secondary N) is 2. The molecule has 12 heteroatoms. The number of carbonyl (C=O) groups is 4. The molecule has 4 aromatic rings. The lowest BCUT2D eigenvalue weighted by molar-refractivity contribution is -0.137. The monoisotopic (exact) mass is 661 g/mol. The number of aromatic nitrogens is 1. The number of urea groups is 1. The van der Waals surface area contributed by atoms with Crippen molar-refractivity contribution in [2.75, 3.05) is 30.3 Å². The van der Waals surface area contributed by atoms with Crippen LogP contribution in [0.1, 0.15) is 43.0 Å². The van der Waals surface area contributed by atoms with Gasteiger partial charge in [-0.2, -0.15) is 0 Å². The van der Waals surface area contributed by atoms with Crippen molar-refractivity contribution in [2.24, 2.45) is 0 Å². The first-order valence-electron chi connectivity index (χ1n) is 15.6. The van der Waals surface area contributed by atoms with Gasteiger partial charge in [-0.25, -0.2) is 13.6 Å². The minimum absolute atomic E-state index is 0.118. The average Bonchev–Trinajstić information content (AvgIpc) is 3.63. The molecule has 2 aliphatic heterocycles. The van der Waals surface area contributed by atoms with E-state index in [9.17, 15) is 23.6 Å². The predicted octanol–water partition coefficient (Wildman–Crippen LogP) is 6.90. The zero-order valence-corrected chi connectivity index (χ0v) is 26.5. The summed E-state index contributed by atoms with van der Waals surface area (Å²) in [6.45, 7) is 2.21. The Hall–Kier alpha value is -4.77. The topological polar surface area (TPSA) is 104 Å². The molecule has 2 N–H and O–H groups in total. The summed E-state index contributed by atoms with van der Waals surface area (Å²) < 4.78 is 31.8. The Labute approximate surface area is 275 Å². The number of alkyl halides is 1. The van der Waals surface area contributed by atoms with Crippen LogP contribution in [0.4, 0.5) is 25.0 Å². The number of benzene rings is 3. The van der Waals surface area contributed by atoms with Crippen molar-refractivity contribution in [1.29, 1.82) is 0 Å². The Kier molecular flexibility index (Phi) is 9.26. The Bertz CT molecular complexity index is 1870. The van der Waals surface area contributed by atoms with Crippen LogP contribution in [-0.4, -0.2) is 69.8 Å². The van der Waals surface area contributed by atoms with Gasteiger partial charge in [0.25, 0.3) is 0 Å². The number of fused-ring (bicyclic) bond motifs is 1. The van der Waals surface area contributed by atoms with E-state index in [1.54, 1.807) is 64.2 Å². The number of anilines is 2. The molecule has 2 fully saturated rings. The summed E-state index contributed by atoms with van der Waals surface area (Å²) in [6, 6.07) is 15.0. The number of likely N-dealkylation sites (tertiary alicyclic amines) is 2. The molecular formula is C35H34ClF2N5O4. The van der Waals surface area contributed by atoms with Crippen molar-refractivity contribution >= 4 is 57.5 Å². The lowest BCUT2D eigenvalue weighted by Gasteiger charge is -2.26. The van der Waals surface area contributed by atoms with E-state index in [1.807, 2.05) is 0 Å². The third-order valence-electron chi connectivity index (χ3n) is 8.75. The standard InChI is InChI=1S/C35H34ClF2N5O4/c1-21(44)27-19-42(30-13-12-23(17-26(27)30)39-35(47)41-14-5-2-6-15-41)20-32(45)43-18-22(37)16-31(43)34(46)40-29-11-7-9-25(33(29)38)24-8-3-4-10-28(24)36/h3-4,7-13,17,19,22,31H,2,5-6,14-16,18,20H2,1H3,(H,39,47)(H,40,46)/t22-,31+/m1/s1. The Morgan fingerprint density at radius 2 is 1.68 bits per heavy atom. The number of piperidine rings is 1. The molecule has 4 amide bonds. The van der Waals surface area contributed by atoms with Gasteiger partial charge in [0.05, 0.1) is 12.2 Å². The Morgan fingerprint density at radius 1 is 0.936 bits per heavy atom. The molecule has 2 aliphatic rings. The van der Waals surface area contributed by atoms with Crippen molar-refractivity contribution in [3.05, 3.63) is 83.3 Å². The number of nitrogens with zero attached hydrogens (tertiary/aromatic N) is 3. The molecule has 0 unspecified atom stereocenters. The molecule has 2 saturated heterocycles. The van der Waals surface area contributed by atoms with E-state index >= 15 is 4.39 Å². The third kappa shape index (κ3) is 6.71. The summed E-state index contributed by atoms with van der Waals surface area (Å²) in [5.74, 6) is -2.19. The van der Waals surface area contributed by atoms with Crippen LogP contribution in [0.15, 0.2) is 66.9 Å². The van der Waals surface area contributed by atoms with Crippen LogP contribution in [-0.2, 0) is 16.1 Å².